The standard InChI is InChI=1S/C16H21F3N2O/c17-16(18,19)13-2-1-11-3-4-21(9-12(11)7-13)14-5-10(8-20)6-15(14)22/h1-2,7,10,14-15,22H,3-6,8-9,20H2/t10?,14-,15-/m1/s1. The molecule has 1 aliphatic carbocycles. The first-order valence-corrected chi connectivity index (χ1v) is 7.69. The normalized spacial score (nSPS) is 29.6. The maximum Gasteiger partial charge on any atom is 0.416 e. The number of hydrogen-bond acceptors (Lipinski definition) is 3. The van der Waals surface area contributed by atoms with Crippen LogP contribution in [-0.2, 0) is 19.1 Å². The Kier molecular flexibility index (Phi) is 4.18. The zero-order valence-corrected chi connectivity index (χ0v) is 12.3. The molecule has 3 nitrogen and oxygen atoms in total. The molecule has 1 aromatic carbocycles. The van der Waals surface area contributed by atoms with Crippen LogP contribution in [0.4, 0.5) is 13.2 Å². The van der Waals surface area contributed by atoms with Crippen LogP contribution >= 0.6 is 0 Å². The quantitative estimate of drug-likeness (QED) is 0.879. The van der Waals surface area contributed by atoms with Crippen molar-refractivity contribution >= 4 is 0 Å². The zero-order chi connectivity index (χ0) is 15.9. The summed E-state index contributed by atoms with van der Waals surface area (Å²) in [5.74, 6) is 0.308. The highest BCUT2D eigenvalue weighted by Gasteiger charge is 2.38. The van der Waals surface area contributed by atoms with E-state index in [9.17, 15) is 18.3 Å². The summed E-state index contributed by atoms with van der Waals surface area (Å²) in [5, 5.41) is 10.2. The highest BCUT2D eigenvalue weighted by molar-refractivity contribution is 5.35. The smallest absolute Gasteiger partial charge is 0.391 e. The lowest BCUT2D eigenvalue weighted by atomic mass is 9.95. The summed E-state index contributed by atoms with van der Waals surface area (Å²) in [4.78, 5) is 2.11. The van der Waals surface area contributed by atoms with E-state index in [-0.39, 0.29) is 6.04 Å². The van der Waals surface area contributed by atoms with E-state index < -0.39 is 17.8 Å². The van der Waals surface area contributed by atoms with Crippen molar-refractivity contribution in [1.29, 1.82) is 0 Å². The fraction of sp³-hybridized carbons (Fsp3) is 0.625. The number of fused-ring (bicyclic) bond motifs is 1. The molecule has 1 unspecified atom stereocenters. The van der Waals surface area contributed by atoms with Crippen molar-refractivity contribution in [3.63, 3.8) is 0 Å². The number of rotatable bonds is 2. The number of aliphatic hydroxyl groups is 1. The van der Waals surface area contributed by atoms with Crippen LogP contribution in [0.2, 0.25) is 0 Å². The molecule has 22 heavy (non-hydrogen) atoms. The van der Waals surface area contributed by atoms with E-state index >= 15 is 0 Å². The average Bonchev–Trinajstić information content (AvgIpc) is 2.86. The Morgan fingerprint density at radius 2 is 2.00 bits per heavy atom. The summed E-state index contributed by atoms with van der Waals surface area (Å²) in [5.41, 5.74) is 6.79. The highest BCUT2D eigenvalue weighted by atomic mass is 19.4. The first-order valence-electron chi connectivity index (χ1n) is 7.69. The third-order valence-corrected chi connectivity index (χ3v) is 4.97. The minimum Gasteiger partial charge on any atom is -0.391 e. The molecule has 3 N–H and O–H groups in total. The van der Waals surface area contributed by atoms with Crippen LogP contribution in [0.25, 0.3) is 0 Å². The monoisotopic (exact) mass is 314 g/mol. The van der Waals surface area contributed by atoms with Gasteiger partial charge in [-0.05, 0) is 55.0 Å². The lowest BCUT2D eigenvalue weighted by Crippen LogP contribution is -2.43. The topological polar surface area (TPSA) is 49.5 Å². The van der Waals surface area contributed by atoms with E-state index in [1.165, 1.54) is 6.07 Å². The number of aliphatic hydroxyl groups excluding tert-OH is 1. The van der Waals surface area contributed by atoms with Gasteiger partial charge in [0.05, 0.1) is 11.7 Å². The van der Waals surface area contributed by atoms with Crippen LogP contribution in [0.5, 0.6) is 0 Å². The maximum absolute atomic E-state index is 12.8. The van der Waals surface area contributed by atoms with Crippen molar-refractivity contribution in [3.05, 3.63) is 34.9 Å². The Labute approximate surface area is 127 Å². The molecule has 3 rings (SSSR count). The molecule has 1 heterocycles. The molecule has 6 heteroatoms. The van der Waals surface area contributed by atoms with E-state index in [2.05, 4.69) is 4.90 Å². The number of alkyl halides is 3. The fourth-order valence-electron chi connectivity index (χ4n) is 3.72. The van der Waals surface area contributed by atoms with Crippen LogP contribution in [0.1, 0.15) is 29.5 Å². The molecule has 0 aromatic heterocycles. The molecule has 1 aromatic rings. The van der Waals surface area contributed by atoms with E-state index in [4.69, 9.17) is 5.73 Å². The zero-order valence-electron chi connectivity index (χ0n) is 12.3. The number of nitrogens with zero attached hydrogens (tertiary/aromatic N) is 1. The second-order valence-corrected chi connectivity index (χ2v) is 6.41. The van der Waals surface area contributed by atoms with Gasteiger partial charge in [-0.3, -0.25) is 4.90 Å². The molecule has 1 aliphatic heterocycles. The molecule has 1 saturated carbocycles. The summed E-state index contributed by atoms with van der Waals surface area (Å²) in [6.45, 7) is 1.80. The van der Waals surface area contributed by atoms with Crippen LogP contribution in [0.3, 0.4) is 0 Å². The van der Waals surface area contributed by atoms with Crippen molar-refractivity contribution in [2.75, 3.05) is 13.1 Å². The highest BCUT2D eigenvalue weighted by Crippen LogP contribution is 2.35. The first kappa shape index (κ1) is 15.8. The SMILES string of the molecule is NCC1C[C@@H](O)[C@H](N2CCc3ccc(C(F)(F)F)cc3C2)C1. The minimum atomic E-state index is -4.31. The van der Waals surface area contributed by atoms with Gasteiger partial charge in [0.1, 0.15) is 0 Å². The van der Waals surface area contributed by atoms with Gasteiger partial charge in [0, 0.05) is 19.1 Å². The van der Waals surface area contributed by atoms with Gasteiger partial charge >= 0.3 is 6.18 Å². The lowest BCUT2D eigenvalue weighted by Gasteiger charge is -2.35. The molecule has 0 amide bonds. The second-order valence-electron chi connectivity index (χ2n) is 6.41. The van der Waals surface area contributed by atoms with Crippen molar-refractivity contribution < 1.29 is 18.3 Å². The van der Waals surface area contributed by atoms with Crippen LogP contribution in [-0.4, -0.2) is 35.2 Å². The molecule has 0 bridgehead atoms. The Morgan fingerprint density at radius 3 is 2.64 bits per heavy atom. The van der Waals surface area contributed by atoms with E-state index in [1.807, 2.05) is 0 Å². The molecule has 0 saturated heterocycles. The Morgan fingerprint density at radius 1 is 1.23 bits per heavy atom. The summed E-state index contributed by atoms with van der Waals surface area (Å²) in [7, 11) is 0. The molecule has 3 atom stereocenters. The molecular weight excluding hydrogens is 293 g/mol. The van der Waals surface area contributed by atoms with Crippen molar-refractivity contribution in [1.82, 2.24) is 4.90 Å². The molecule has 122 valence electrons. The largest absolute Gasteiger partial charge is 0.416 e. The predicted molar refractivity (Wildman–Crippen MR) is 77.1 cm³/mol. The summed E-state index contributed by atoms with van der Waals surface area (Å²) in [6.07, 6.45) is -2.50. The van der Waals surface area contributed by atoms with Crippen LogP contribution < -0.4 is 5.73 Å². The fourth-order valence-corrected chi connectivity index (χ4v) is 3.72. The van der Waals surface area contributed by atoms with Crippen molar-refractivity contribution in [2.24, 2.45) is 11.7 Å². The van der Waals surface area contributed by atoms with Crippen molar-refractivity contribution in [3.8, 4) is 0 Å². The van der Waals surface area contributed by atoms with Gasteiger partial charge in [-0.15, -0.1) is 0 Å². The van der Waals surface area contributed by atoms with Gasteiger partial charge in [-0.2, -0.15) is 13.2 Å². The van der Waals surface area contributed by atoms with Crippen LogP contribution in [0, 0.1) is 5.92 Å². The maximum atomic E-state index is 12.8. The van der Waals surface area contributed by atoms with Gasteiger partial charge < -0.3 is 10.8 Å². The number of nitrogens with two attached hydrogens (primary N) is 1. The number of hydrogen-bond donors (Lipinski definition) is 2. The Bertz CT molecular complexity index is 547. The summed E-state index contributed by atoms with van der Waals surface area (Å²) in [6, 6.07) is 4.01. The average molecular weight is 314 g/mol. The van der Waals surface area contributed by atoms with Crippen LogP contribution in [0.15, 0.2) is 18.2 Å². The molecule has 0 radical (unpaired) electrons. The van der Waals surface area contributed by atoms with Gasteiger partial charge in [0.15, 0.2) is 0 Å². The van der Waals surface area contributed by atoms with Gasteiger partial charge in [0.25, 0.3) is 0 Å². The Balaban J connectivity index is 1.78. The number of benzene rings is 1. The van der Waals surface area contributed by atoms with E-state index in [1.54, 1.807) is 6.07 Å². The summed E-state index contributed by atoms with van der Waals surface area (Å²) >= 11 is 0. The van der Waals surface area contributed by atoms with Crippen molar-refractivity contribution in [2.45, 2.75) is 44.1 Å². The van der Waals surface area contributed by atoms with Gasteiger partial charge in [0.2, 0.25) is 0 Å². The third kappa shape index (κ3) is 3.00. The van der Waals surface area contributed by atoms with Gasteiger partial charge in [-0.1, -0.05) is 6.07 Å². The molecular formula is C16H21F3N2O. The molecule has 0 spiro atoms. The Hall–Kier alpha value is -1.11. The van der Waals surface area contributed by atoms with E-state index in [0.29, 0.717) is 25.4 Å². The summed E-state index contributed by atoms with van der Waals surface area (Å²) < 4.78 is 38.5. The van der Waals surface area contributed by atoms with Gasteiger partial charge in [-0.25, -0.2) is 0 Å². The third-order valence-electron chi connectivity index (χ3n) is 4.97. The predicted octanol–water partition coefficient (Wildman–Crippen LogP) is 2.16. The molecule has 2 aliphatic rings. The molecule has 1 fully saturated rings. The van der Waals surface area contributed by atoms with E-state index in [0.717, 1.165) is 36.6 Å². The number of halogens is 3. The first-order chi connectivity index (χ1) is 10.4. The second kappa shape index (κ2) is 5.83. The minimum absolute atomic E-state index is 0.0104. The lowest BCUT2D eigenvalue weighted by molar-refractivity contribution is -0.137.